The topological polar surface area (TPSA) is 129 Å². The van der Waals surface area contributed by atoms with Crippen LogP contribution in [0.3, 0.4) is 0 Å². The number of rotatable bonds is 4. The van der Waals surface area contributed by atoms with Crippen LogP contribution in [-0.4, -0.2) is 56.2 Å². The first kappa shape index (κ1) is 21.4. The Labute approximate surface area is 174 Å². The van der Waals surface area contributed by atoms with Gasteiger partial charge in [-0.2, -0.15) is 9.57 Å². The fraction of sp³-hybridized carbons (Fsp3) is 0.350. The lowest BCUT2D eigenvalue weighted by atomic mass is 10.1. The van der Waals surface area contributed by atoms with Crippen molar-refractivity contribution in [1.29, 1.82) is 5.26 Å². The molecule has 3 rings (SSSR count). The van der Waals surface area contributed by atoms with Crippen molar-refractivity contribution in [2.45, 2.75) is 18.9 Å². The molecule has 0 saturated carbocycles. The lowest BCUT2D eigenvalue weighted by molar-refractivity contribution is -0.122. The van der Waals surface area contributed by atoms with Crippen LogP contribution in [0.5, 0.6) is 5.75 Å². The van der Waals surface area contributed by atoms with E-state index in [4.69, 9.17) is 10.00 Å². The van der Waals surface area contributed by atoms with Crippen LogP contribution in [0.2, 0.25) is 0 Å². The van der Waals surface area contributed by atoms with E-state index in [-0.39, 0.29) is 13.1 Å². The molecule has 0 unspecified atom stereocenters. The second-order valence-corrected chi connectivity index (χ2v) is 9.08. The Balaban J connectivity index is 1.69. The summed E-state index contributed by atoms with van der Waals surface area (Å²) in [6.45, 7) is 1.74. The minimum absolute atomic E-state index is 0.134. The van der Waals surface area contributed by atoms with Crippen molar-refractivity contribution < 1.29 is 22.7 Å². The highest BCUT2D eigenvalue weighted by Gasteiger charge is 2.46. The van der Waals surface area contributed by atoms with Gasteiger partial charge in [0.2, 0.25) is 10.0 Å². The third-order valence-electron chi connectivity index (χ3n) is 4.84. The zero-order valence-corrected chi connectivity index (χ0v) is 17.3. The van der Waals surface area contributed by atoms with Gasteiger partial charge in [0.15, 0.2) is 0 Å². The van der Waals surface area contributed by atoms with Crippen LogP contribution < -0.4 is 15.4 Å². The molecule has 9 nitrogen and oxygen atoms in total. The smallest absolute Gasteiger partial charge is 0.322 e. The summed E-state index contributed by atoms with van der Waals surface area (Å²) in [4.78, 5) is 23.2. The summed E-state index contributed by atoms with van der Waals surface area (Å²) in [6.07, 6.45) is 2.15. The van der Waals surface area contributed by atoms with Crippen molar-refractivity contribution in [1.82, 2.24) is 14.9 Å². The van der Waals surface area contributed by atoms with E-state index in [1.165, 1.54) is 18.3 Å². The van der Waals surface area contributed by atoms with Crippen LogP contribution in [0, 0.1) is 23.2 Å². The van der Waals surface area contributed by atoms with Crippen LogP contribution in [0.15, 0.2) is 29.8 Å². The molecule has 1 aromatic rings. The minimum Gasteiger partial charge on any atom is -0.495 e. The zero-order valence-electron chi connectivity index (χ0n) is 16.5. The number of methoxy groups -OCH3 is 1. The number of sulfonamides is 1. The summed E-state index contributed by atoms with van der Waals surface area (Å²) in [6, 6.07) is 6.36. The molecule has 0 spiro atoms. The van der Waals surface area contributed by atoms with Gasteiger partial charge in [-0.05, 0) is 31.5 Å². The van der Waals surface area contributed by atoms with E-state index in [1.54, 1.807) is 24.3 Å². The van der Waals surface area contributed by atoms with Gasteiger partial charge >= 0.3 is 6.03 Å². The van der Waals surface area contributed by atoms with Gasteiger partial charge in [-0.1, -0.05) is 17.9 Å². The third-order valence-corrected chi connectivity index (χ3v) is 6.90. The number of hydrogen-bond donors (Lipinski definition) is 2. The first-order valence-corrected chi connectivity index (χ1v) is 10.7. The van der Waals surface area contributed by atoms with Gasteiger partial charge in [0.05, 0.1) is 18.4 Å². The van der Waals surface area contributed by atoms with E-state index in [2.05, 4.69) is 22.5 Å². The summed E-state index contributed by atoms with van der Waals surface area (Å²) in [7, 11) is -2.29. The Bertz CT molecular complexity index is 1140. The zero-order chi connectivity index (χ0) is 21.9. The number of nitrogens with zero attached hydrogens (tertiary/aromatic N) is 2. The highest BCUT2D eigenvalue weighted by Crippen LogP contribution is 2.21. The van der Waals surface area contributed by atoms with Gasteiger partial charge in [0.25, 0.3) is 5.91 Å². The molecule has 2 aliphatic heterocycles. The minimum atomic E-state index is -3.77. The van der Waals surface area contributed by atoms with Gasteiger partial charge < -0.3 is 10.1 Å². The quantitative estimate of drug-likeness (QED) is 0.530. The van der Waals surface area contributed by atoms with Gasteiger partial charge in [-0.15, -0.1) is 0 Å². The van der Waals surface area contributed by atoms with Crippen molar-refractivity contribution in [3.05, 3.63) is 41.0 Å². The number of nitrogens with one attached hydrogen (secondary N) is 2. The van der Waals surface area contributed by atoms with Crippen LogP contribution in [0.25, 0.3) is 0 Å². The molecule has 2 heterocycles. The first-order valence-electron chi connectivity index (χ1n) is 9.07. The maximum absolute atomic E-state index is 12.7. The molecular weight excluding hydrogens is 408 g/mol. The second kappa shape index (κ2) is 8.19. The highest BCUT2D eigenvalue weighted by molar-refractivity contribution is 7.89. The number of carbonyl (C=O) groups excluding carboxylic acids is 2. The number of carbonyl (C=O) groups is 2. The Kier molecular flexibility index (Phi) is 5.83. The molecule has 1 saturated heterocycles. The van der Waals surface area contributed by atoms with Crippen LogP contribution in [-0.2, 0) is 14.8 Å². The molecule has 2 N–H and O–H groups in total. The standard InChI is InChI=1S/C20H20N4O5S/c1-20(18(25)22-19(26)23-20)13-30(27,28)24-9-7-14(8-10-24)3-4-15-5-6-16(12-21)17(11-15)29-2/h5-7,11H,8-10,13H2,1-2H3,(H2,22,23,25,26)/t20-/m1/s1. The van der Waals surface area contributed by atoms with Crippen molar-refractivity contribution >= 4 is 22.0 Å². The Hall–Kier alpha value is -3.34. The predicted molar refractivity (Wildman–Crippen MR) is 108 cm³/mol. The largest absolute Gasteiger partial charge is 0.495 e. The number of nitriles is 1. The predicted octanol–water partition coefficient (Wildman–Crippen LogP) is 0.478. The number of amides is 3. The number of urea groups is 1. The molecule has 30 heavy (non-hydrogen) atoms. The number of benzene rings is 1. The number of imide groups is 1. The molecule has 10 heteroatoms. The third kappa shape index (κ3) is 4.46. The Morgan fingerprint density at radius 1 is 1.30 bits per heavy atom. The van der Waals surface area contributed by atoms with E-state index in [9.17, 15) is 18.0 Å². The van der Waals surface area contributed by atoms with Crippen LogP contribution in [0.1, 0.15) is 24.5 Å². The summed E-state index contributed by atoms with van der Waals surface area (Å²) in [5.41, 5.74) is 0.399. The van der Waals surface area contributed by atoms with Crippen molar-refractivity contribution in [2.75, 3.05) is 26.0 Å². The van der Waals surface area contributed by atoms with Crippen molar-refractivity contribution in [3.63, 3.8) is 0 Å². The fourth-order valence-electron chi connectivity index (χ4n) is 3.17. The Morgan fingerprint density at radius 2 is 2.07 bits per heavy atom. The van der Waals surface area contributed by atoms with Crippen molar-refractivity contribution in [3.8, 4) is 23.7 Å². The molecule has 2 aliphatic rings. The Morgan fingerprint density at radius 3 is 2.63 bits per heavy atom. The maximum Gasteiger partial charge on any atom is 0.322 e. The summed E-state index contributed by atoms with van der Waals surface area (Å²) < 4.78 is 31.8. The lowest BCUT2D eigenvalue weighted by Gasteiger charge is -2.28. The van der Waals surface area contributed by atoms with E-state index >= 15 is 0 Å². The molecule has 0 aliphatic carbocycles. The summed E-state index contributed by atoms with van der Waals surface area (Å²) >= 11 is 0. The average Bonchev–Trinajstić information content (AvgIpc) is 2.96. The maximum atomic E-state index is 12.7. The van der Waals surface area contributed by atoms with Gasteiger partial charge in [-0.3, -0.25) is 10.1 Å². The van der Waals surface area contributed by atoms with Crippen LogP contribution >= 0.6 is 0 Å². The molecular formula is C20H20N4O5S. The first-order chi connectivity index (χ1) is 14.2. The van der Waals surface area contributed by atoms with E-state index < -0.39 is 33.3 Å². The van der Waals surface area contributed by atoms with Gasteiger partial charge in [0, 0.05) is 24.2 Å². The average molecular weight is 428 g/mol. The van der Waals surface area contributed by atoms with Gasteiger partial charge in [-0.25, -0.2) is 13.2 Å². The number of hydrogen-bond acceptors (Lipinski definition) is 6. The number of ether oxygens (including phenoxy) is 1. The summed E-state index contributed by atoms with van der Waals surface area (Å²) in [5, 5.41) is 13.5. The molecule has 0 bridgehead atoms. The molecule has 156 valence electrons. The molecule has 1 aromatic carbocycles. The molecule has 1 fully saturated rings. The van der Waals surface area contributed by atoms with Crippen molar-refractivity contribution in [2.24, 2.45) is 0 Å². The highest BCUT2D eigenvalue weighted by atomic mass is 32.2. The SMILES string of the molecule is COc1cc(C#CC2=CCN(S(=O)(=O)C[C@@]3(C)NC(=O)NC3=O)CC2)ccc1C#N. The normalized spacial score (nSPS) is 21.6. The molecule has 1 atom stereocenters. The lowest BCUT2D eigenvalue weighted by Crippen LogP contribution is -2.52. The fourth-order valence-corrected chi connectivity index (χ4v) is 4.95. The summed E-state index contributed by atoms with van der Waals surface area (Å²) in [5.74, 6) is 5.28. The monoisotopic (exact) mass is 428 g/mol. The van der Waals surface area contributed by atoms with E-state index in [0.29, 0.717) is 23.3 Å². The molecule has 3 amide bonds. The molecule has 0 aromatic heterocycles. The molecule has 0 radical (unpaired) electrons. The van der Waals surface area contributed by atoms with E-state index in [1.807, 2.05) is 6.07 Å². The van der Waals surface area contributed by atoms with Gasteiger partial charge in [0.1, 0.15) is 17.4 Å². The van der Waals surface area contributed by atoms with E-state index in [0.717, 1.165) is 5.57 Å². The van der Waals surface area contributed by atoms with Crippen LogP contribution in [0.4, 0.5) is 4.79 Å². The second-order valence-electron chi connectivity index (χ2n) is 7.11.